The number of hydrogen-bond donors (Lipinski definition) is 1. The van der Waals surface area contributed by atoms with Gasteiger partial charge in [0.2, 0.25) is 5.91 Å². The van der Waals surface area contributed by atoms with Crippen LogP contribution < -0.4 is 14.8 Å². The molecular weight excluding hydrogens is 328 g/mol. The number of benzene rings is 2. The Hall–Kier alpha value is -3.39. The van der Waals surface area contributed by atoms with Gasteiger partial charge < -0.3 is 19.4 Å². The Bertz CT molecular complexity index is 950. The summed E-state index contributed by atoms with van der Waals surface area (Å²) in [6, 6.07) is 17.4. The zero-order valence-corrected chi connectivity index (χ0v) is 14.6. The van der Waals surface area contributed by atoms with Crippen molar-refractivity contribution in [3.8, 4) is 23.3 Å². The summed E-state index contributed by atoms with van der Waals surface area (Å²) >= 11 is 0. The first kappa shape index (κ1) is 17.4. The normalized spacial score (nSPS) is 10.0. The number of amides is 1. The monoisotopic (exact) mass is 348 g/mol. The second-order valence-corrected chi connectivity index (χ2v) is 5.57. The van der Waals surface area contributed by atoms with E-state index in [0.717, 1.165) is 10.9 Å². The third kappa shape index (κ3) is 4.37. The van der Waals surface area contributed by atoms with Crippen molar-refractivity contribution in [1.29, 1.82) is 0 Å². The average molecular weight is 348 g/mol. The van der Waals surface area contributed by atoms with E-state index in [2.05, 4.69) is 17.2 Å². The number of fused-ring (bicyclic) bond motifs is 1. The first-order chi connectivity index (χ1) is 12.8. The van der Waals surface area contributed by atoms with Gasteiger partial charge in [0, 0.05) is 11.7 Å². The number of methoxy groups -OCH3 is 1. The van der Waals surface area contributed by atoms with Gasteiger partial charge in [-0.2, -0.15) is 0 Å². The number of aromatic nitrogens is 1. The minimum atomic E-state index is -0.0775. The zero-order chi connectivity index (χ0) is 18.2. The molecule has 5 nitrogen and oxygen atoms in total. The van der Waals surface area contributed by atoms with Gasteiger partial charge in [-0.3, -0.25) is 4.79 Å². The Morgan fingerprint density at radius 3 is 2.65 bits per heavy atom. The van der Waals surface area contributed by atoms with Gasteiger partial charge >= 0.3 is 0 Å². The summed E-state index contributed by atoms with van der Waals surface area (Å²) in [7, 11) is 1.59. The van der Waals surface area contributed by atoms with E-state index in [1.807, 2.05) is 65.4 Å². The van der Waals surface area contributed by atoms with Gasteiger partial charge in [0.25, 0.3) is 0 Å². The second kappa shape index (κ2) is 8.63. The lowest BCUT2D eigenvalue weighted by Gasteiger charge is -2.07. The van der Waals surface area contributed by atoms with Crippen molar-refractivity contribution in [2.75, 3.05) is 20.3 Å². The summed E-state index contributed by atoms with van der Waals surface area (Å²) in [6.07, 6.45) is 1.91. The van der Waals surface area contributed by atoms with Crippen LogP contribution in [-0.4, -0.2) is 30.7 Å². The lowest BCUT2D eigenvalue weighted by molar-refractivity contribution is -0.121. The van der Waals surface area contributed by atoms with E-state index in [-0.39, 0.29) is 25.6 Å². The number of carbonyl (C=O) groups is 1. The van der Waals surface area contributed by atoms with E-state index in [1.165, 1.54) is 0 Å². The Labute approximate surface area is 152 Å². The predicted molar refractivity (Wildman–Crippen MR) is 101 cm³/mol. The number of hydrogen-bond acceptors (Lipinski definition) is 3. The van der Waals surface area contributed by atoms with Crippen LogP contribution in [0.15, 0.2) is 60.8 Å². The molecule has 0 radical (unpaired) electrons. The Balaban J connectivity index is 1.44. The minimum absolute atomic E-state index is 0.0775. The highest BCUT2D eigenvalue weighted by Crippen LogP contribution is 2.25. The fraction of sp³-hybridized carbons (Fsp3) is 0.190. The smallest absolute Gasteiger partial charge is 0.240 e. The topological polar surface area (TPSA) is 52.5 Å². The molecule has 1 amide bonds. The molecule has 1 heterocycles. The van der Waals surface area contributed by atoms with Gasteiger partial charge in [-0.15, -0.1) is 0 Å². The van der Waals surface area contributed by atoms with Crippen LogP contribution >= 0.6 is 0 Å². The molecule has 1 aromatic heterocycles. The van der Waals surface area contributed by atoms with E-state index in [0.29, 0.717) is 11.5 Å². The van der Waals surface area contributed by atoms with Crippen molar-refractivity contribution in [3.05, 3.63) is 60.8 Å². The molecule has 0 fully saturated rings. The van der Waals surface area contributed by atoms with Crippen LogP contribution in [-0.2, 0) is 11.3 Å². The van der Waals surface area contributed by atoms with Crippen molar-refractivity contribution in [2.24, 2.45) is 0 Å². The molecule has 3 rings (SSSR count). The van der Waals surface area contributed by atoms with Gasteiger partial charge in [0.15, 0.2) is 11.5 Å². The van der Waals surface area contributed by atoms with E-state index in [4.69, 9.17) is 9.47 Å². The maximum atomic E-state index is 12.0. The van der Waals surface area contributed by atoms with Crippen molar-refractivity contribution in [2.45, 2.75) is 6.54 Å². The number of para-hydroxylation sites is 3. The summed E-state index contributed by atoms with van der Waals surface area (Å²) in [5.74, 6) is 7.00. The molecule has 26 heavy (non-hydrogen) atoms. The first-order valence-electron chi connectivity index (χ1n) is 8.30. The van der Waals surface area contributed by atoms with Crippen molar-refractivity contribution < 1.29 is 14.3 Å². The minimum Gasteiger partial charge on any atom is -0.493 e. The van der Waals surface area contributed by atoms with Gasteiger partial charge in [-0.05, 0) is 29.7 Å². The van der Waals surface area contributed by atoms with Crippen molar-refractivity contribution >= 4 is 16.8 Å². The zero-order valence-electron chi connectivity index (χ0n) is 14.6. The maximum absolute atomic E-state index is 12.0. The highest BCUT2D eigenvalue weighted by atomic mass is 16.5. The van der Waals surface area contributed by atoms with Crippen LogP contribution in [0, 0.1) is 11.8 Å². The van der Waals surface area contributed by atoms with Gasteiger partial charge in [0.05, 0.1) is 13.7 Å². The molecule has 3 aromatic rings. The number of nitrogens with zero attached hydrogens (tertiary/aromatic N) is 1. The van der Waals surface area contributed by atoms with Crippen LogP contribution in [0.4, 0.5) is 0 Å². The van der Waals surface area contributed by atoms with E-state index in [9.17, 15) is 4.79 Å². The van der Waals surface area contributed by atoms with Crippen LogP contribution in [0.25, 0.3) is 10.9 Å². The van der Waals surface area contributed by atoms with E-state index < -0.39 is 0 Å². The molecule has 0 saturated heterocycles. The molecule has 0 saturated carbocycles. The summed E-state index contributed by atoms with van der Waals surface area (Å²) in [5, 5.41) is 3.91. The summed E-state index contributed by atoms with van der Waals surface area (Å²) < 4.78 is 12.7. The Morgan fingerprint density at radius 1 is 1.04 bits per heavy atom. The average Bonchev–Trinajstić information content (AvgIpc) is 3.08. The third-order valence-electron chi connectivity index (χ3n) is 3.86. The Morgan fingerprint density at radius 2 is 1.81 bits per heavy atom. The van der Waals surface area contributed by atoms with E-state index >= 15 is 0 Å². The van der Waals surface area contributed by atoms with Gasteiger partial charge in [-0.25, -0.2) is 0 Å². The lowest BCUT2D eigenvalue weighted by atomic mass is 10.2. The molecule has 0 unspecified atom stereocenters. The molecule has 0 aliphatic rings. The summed E-state index contributed by atoms with van der Waals surface area (Å²) in [4.78, 5) is 12.0. The molecule has 2 aromatic carbocycles. The maximum Gasteiger partial charge on any atom is 0.240 e. The molecule has 1 N–H and O–H groups in total. The Kier molecular flexibility index (Phi) is 5.79. The fourth-order valence-corrected chi connectivity index (χ4v) is 2.60. The first-order valence-corrected chi connectivity index (χ1v) is 8.30. The predicted octanol–water partition coefficient (Wildman–Crippen LogP) is 2.85. The van der Waals surface area contributed by atoms with Crippen LogP contribution in [0.3, 0.4) is 0 Å². The SMILES string of the molecule is COc1ccccc1OCC#CCNC(=O)Cn1ccc2ccccc21. The summed E-state index contributed by atoms with van der Waals surface area (Å²) in [5.41, 5.74) is 1.04. The molecule has 0 atom stereocenters. The van der Waals surface area contributed by atoms with Crippen LogP contribution in [0.1, 0.15) is 0 Å². The lowest BCUT2D eigenvalue weighted by Crippen LogP contribution is -2.27. The van der Waals surface area contributed by atoms with Crippen LogP contribution in [0.5, 0.6) is 11.5 Å². The van der Waals surface area contributed by atoms with E-state index in [1.54, 1.807) is 7.11 Å². The van der Waals surface area contributed by atoms with Crippen LogP contribution in [0.2, 0.25) is 0 Å². The fourth-order valence-electron chi connectivity index (χ4n) is 2.60. The second-order valence-electron chi connectivity index (χ2n) is 5.57. The highest BCUT2D eigenvalue weighted by Gasteiger charge is 2.04. The molecule has 0 spiro atoms. The van der Waals surface area contributed by atoms with Gasteiger partial charge in [0.1, 0.15) is 13.2 Å². The largest absolute Gasteiger partial charge is 0.493 e. The van der Waals surface area contributed by atoms with Crippen molar-refractivity contribution in [1.82, 2.24) is 9.88 Å². The number of ether oxygens (including phenoxy) is 2. The molecule has 0 aliphatic carbocycles. The third-order valence-corrected chi connectivity index (χ3v) is 3.86. The molecule has 0 bridgehead atoms. The molecular formula is C21H20N2O3. The number of rotatable bonds is 6. The summed E-state index contributed by atoms with van der Waals surface area (Å²) in [6.45, 7) is 0.790. The number of nitrogens with one attached hydrogen (secondary N) is 1. The molecule has 0 aliphatic heterocycles. The molecule has 132 valence electrons. The van der Waals surface area contributed by atoms with Gasteiger partial charge in [-0.1, -0.05) is 42.2 Å². The molecule has 5 heteroatoms. The highest BCUT2D eigenvalue weighted by molar-refractivity contribution is 5.83. The standard InChI is InChI=1S/C21H20N2O3/c1-25-19-10-4-5-11-20(19)26-15-7-6-13-22-21(24)16-23-14-12-17-8-2-3-9-18(17)23/h2-5,8-12,14H,13,15-16H2,1H3,(H,22,24). The quantitative estimate of drug-likeness (QED) is 0.697. The number of carbonyl (C=O) groups excluding carboxylic acids is 1. The van der Waals surface area contributed by atoms with Crippen molar-refractivity contribution in [3.63, 3.8) is 0 Å².